The third-order valence-corrected chi connectivity index (χ3v) is 6.76. The molecule has 5 atom stereocenters. The molecule has 9 nitrogen and oxygen atoms in total. The number of hydrogen-bond donors (Lipinski definition) is 3. The summed E-state index contributed by atoms with van der Waals surface area (Å²) in [7, 11) is 1.51. The Morgan fingerprint density at radius 3 is 2.46 bits per heavy atom. The molecule has 0 aromatic carbocycles. The van der Waals surface area contributed by atoms with Gasteiger partial charge in [0.05, 0.1) is 17.9 Å². The van der Waals surface area contributed by atoms with Gasteiger partial charge in [-0.2, -0.15) is 0 Å². The summed E-state index contributed by atoms with van der Waals surface area (Å²) in [6.07, 6.45) is 5.85. The number of amides is 2. The monoisotopic (exact) mass is 514 g/mol. The summed E-state index contributed by atoms with van der Waals surface area (Å²) in [5, 5.41) is 13.6. The number of Topliss-reactive ketones (excluding diaryl/α,β-unsaturated/α-hetero) is 1. The first-order chi connectivity index (χ1) is 17.3. The minimum atomic E-state index is -0.921. The van der Waals surface area contributed by atoms with Crippen LogP contribution in [0.25, 0.3) is 0 Å². The van der Waals surface area contributed by atoms with Gasteiger partial charge in [-0.15, -0.1) is 0 Å². The molecule has 2 rings (SSSR count). The Kier molecular flexibility index (Phi) is 10.8. The summed E-state index contributed by atoms with van der Waals surface area (Å²) in [6, 6.07) is 0. The van der Waals surface area contributed by atoms with Crippen LogP contribution in [0.3, 0.4) is 0 Å². The average Bonchev–Trinajstić information content (AvgIpc) is 2.83. The number of aliphatic hydroxyl groups is 1. The standard InChI is InChI=1S/C28H38N2O7/c1-15-11-20-19(5)22(31)14-21(26(20)33)30-27(34)16(2)9-7-8-10-23(37-28(29)35)17(3)13-18(4)25(32)24(12-15)36-6/h7-9,13-15,18,23-25,32H,10-12H2,1-6H3,(H2,29,35)(H,30,34)/b8-7-,16-9+,17-13+/t15-,18+,23-,24+,25-/m1/s1. The smallest absolute Gasteiger partial charge is 0.405 e. The van der Waals surface area contributed by atoms with E-state index >= 15 is 0 Å². The number of fused-ring (bicyclic) bond motifs is 2. The van der Waals surface area contributed by atoms with Crippen molar-refractivity contribution in [1.82, 2.24) is 5.32 Å². The van der Waals surface area contributed by atoms with Crippen LogP contribution in [0.5, 0.6) is 0 Å². The molecule has 0 radical (unpaired) electrons. The van der Waals surface area contributed by atoms with Gasteiger partial charge < -0.3 is 25.6 Å². The highest BCUT2D eigenvalue weighted by Gasteiger charge is 2.31. The Morgan fingerprint density at radius 2 is 1.84 bits per heavy atom. The molecule has 2 aliphatic rings. The van der Waals surface area contributed by atoms with Gasteiger partial charge in [-0.25, -0.2) is 4.79 Å². The lowest BCUT2D eigenvalue weighted by molar-refractivity contribution is -0.120. The molecule has 2 bridgehead atoms. The van der Waals surface area contributed by atoms with Crippen molar-refractivity contribution in [2.45, 2.75) is 72.2 Å². The van der Waals surface area contributed by atoms with Crippen molar-refractivity contribution in [1.29, 1.82) is 0 Å². The van der Waals surface area contributed by atoms with Crippen molar-refractivity contribution in [3.8, 4) is 0 Å². The number of methoxy groups -OCH3 is 1. The number of primary amides is 1. The van der Waals surface area contributed by atoms with Gasteiger partial charge in [0.2, 0.25) is 5.78 Å². The van der Waals surface area contributed by atoms with E-state index < -0.39 is 36.1 Å². The molecule has 4 N–H and O–H groups in total. The molecule has 202 valence electrons. The maximum Gasteiger partial charge on any atom is 0.405 e. The molecule has 0 saturated carbocycles. The van der Waals surface area contributed by atoms with Gasteiger partial charge in [-0.05, 0) is 45.1 Å². The zero-order chi connectivity index (χ0) is 27.9. The van der Waals surface area contributed by atoms with Crippen molar-refractivity contribution < 1.29 is 33.8 Å². The first-order valence-electron chi connectivity index (χ1n) is 12.4. The normalized spacial score (nSPS) is 32.5. The summed E-state index contributed by atoms with van der Waals surface area (Å²) in [5.41, 5.74) is 6.90. The predicted molar refractivity (Wildman–Crippen MR) is 139 cm³/mol. The highest BCUT2D eigenvalue weighted by atomic mass is 16.6. The molecule has 2 amide bonds. The van der Waals surface area contributed by atoms with Crippen LogP contribution in [-0.4, -0.2) is 54.1 Å². The van der Waals surface area contributed by atoms with E-state index in [0.29, 0.717) is 28.7 Å². The lowest BCUT2D eigenvalue weighted by Gasteiger charge is -2.29. The molecule has 1 heterocycles. The lowest BCUT2D eigenvalue weighted by atomic mass is 9.84. The van der Waals surface area contributed by atoms with E-state index in [1.165, 1.54) is 7.11 Å². The number of nitrogens with two attached hydrogens (primary N) is 1. The number of nitrogens with one attached hydrogen (secondary N) is 1. The molecule has 1 aliphatic carbocycles. The van der Waals surface area contributed by atoms with Gasteiger partial charge in [-0.3, -0.25) is 14.4 Å². The Labute approximate surface area is 218 Å². The van der Waals surface area contributed by atoms with Crippen LogP contribution < -0.4 is 11.1 Å². The fourth-order valence-electron chi connectivity index (χ4n) is 4.47. The van der Waals surface area contributed by atoms with Crippen LogP contribution in [0.1, 0.15) is 53.9 Å². The molecule has 0 unspecified atom stereocenters. The molecule has 0 spiro atoms. The summed E-state index contributed by atoms with van der Waals surface area (Å²) in [6.45, 7) is 8.72. The second kappa shape index (κ2) is 13.3. The van der Waals surface area contributed by atoms with E-state index in [4.69, 9.17) is 15.2 Å². The summed E-state index contributed by atoms with van der Waals surface area (Å²) in [4.78, 5) is 49.9. The third kappa shape index (κ3) is 8.10. The zero-order valence-corrected chi connectivity index (χ0v) is 22.4. The number of allylic oxidation sites excluding steroid dienone is 5. The second-order valence-corrected chi connectivity index (χ2v) is 9.83. The van der Waals surface area contributed by atoms with Crippen LogP contribution in [0.15, 0.2) is 58.4 Å². The molecular formula is C28H38N2O7. The molecular weight excluding hydrogens is 476 g/mol. The number of carbonyl (C=O) groups is 4. The number of ketones is 2. The van der Waals surface area contributed by atoms with Crippen molar-refractivity contribution in [3.05, 3.63) is 58.4 Å². The number of aliphatic hydroxyl groups excluding tert-OH is 1. The van der Waals surface area contributed by atoms with E-state index in [1.54, 1.807) is 39.0 Å². The van der Waals surface area contributed by atoms with E-state index in [-0.39, 0.29) is 36.2 Å². The maximum atomic E-state index is 13.2. The first kappa shape index (κ1) is 29.9. The summed E-state index contributed by atoms with van der Waals surface area (Å²) < 4.78 is 10.9. The molecule has 9 heteroatoms. The Morgan fingerprint density at radius 1 is 1.16 bits per heavy atom. The highest BCUT2D eigenvalue weighted by Crippen LogP contribution is 2.29. The third-order valence-electron chi connectivity index (χ3n) is 6.76. The zero-order valence-electron chi connectivity index (χ0n) is 22.4. The number of carbonyl (C=O) groups excluding carboxylic acids is 4. The van der Waals surface area contributed by atoms with Crippen LogP contribution >= 0.6 is 0 Å². The maximum absolute atomic E-state index is 13.2. The Balaban J connectivity index is 2.48. The van der Waals surface area contributed by atoms with E-state index in [9.17, 15) is 24.3 Å². The van der Waals surface area contributed by atoms with Gasteiger partial charge in [0.25, 0.3) is 5.91 Å². The van der Waals surface area contributed by atoms with Crippen molar-refractivity contribution in [2.75, 3.05) is 7.11 Å². The van der Waals surface area contributed by atoms with Gasteiger partial charge >= 0.3 is 6.09 Å². The lowest BCUT2D eigenvalue weighted by Crippen LogP contribution is -2.36. The first-order valence-corrected chi connectivity index (χ1v) is 12.4. The van der Waals surface area contributed by atoms with Gasteiger partial charge in [0, 0.05) is 42.2 Å². The van der Waals surface area contributed by atoms with Crippen molar-refractivity contribution >= 4 is 23.6 Å². The van der Waals surface area contributed by atoms with Gasteiger partial charge in [-0.1, -0.05) is 38.2 Å². The summed E-state index contributed by atoms with van der Waals surface area (Å²) >= 11 is 0. The molecule has 0 aromatic rings. The average molecular weight is 515 g/mol. The van der Waals surface area contributed by atoms with Crippen molar-refractivity contribution in [2.24, 2.45) is 17.6 Å². The Hall–Kier alpha value is -3.30. The van der Waals surface area contributed by atoms with Crippen molar-refractivity contribution in [3.63, 3.8) is 0 Å². The fourth-order valence-corrected chi connectivity index (χ4v) is 4.47. The largest absolute Gasteiger partial charge is 0.442 e. The second-order valence-electron chi connectivity index (χ2n) is 9.83. The molecule has 0 saturated heterocycles. The minimum Gasteiger partial charge on any atom is -0.442 e. The Bertz CT molecular complexity index is 1080. The predicted octanol–water partition coefficient (Wildman–Crippen LogP) is 3.20. The van der Waals surface area contributed by atoms with Crippen LogP contribution in [0.4, 0.5) is 4.79 Å². The van der Waals surface area contributed by atoms with Crippen LogP contribution in [0, 0.1) is 11.8 Å². The van der Waals surface area contributed by atoms with E-state index in [2.05, 4.69) is 5.32 Å². The number of hydrogen-bond acceptors (Lipinski definition) is 7. The van der Waals surface area contributed by atoms with E-state index in [1.807, 2.05) is 19.9 Å². The molecule has 1 aliphatic heterocycles. The van der Waals surface area contributed by atoms with E-state index in [0.717, 1.165) is 6.08 Å². The quantitative estimate of drug-likeness (QED) is 0.379. The number of rotatable bonds is 2. The number of ether oxygens (including phenoxy) is 2. The SMILES string of the molecule is CO[C@H]1C[C@H](C)CC2=C(C)C(=O)C=C(NC(=O)/C(C)=C/C=C\C[C@@H](OC(N)=O)/C(C)=C/[C@H](C)[C@H]1O)C2=O. The van der Waals surface area contributed by atoms with Crippen LogP contribution in [-0.2, 0) is 23.9 Å². The van der Waals surface area contributed by atoms with Gasteiger partial charge in [0.1, 0.15) is 6.10 Å². The van der Waals surface area contributed by atoms with Crippen LogP contribution in [0.2, 0.25) is 0 Å². The highest BCUT2D eigenvalue weighted by molar-refractivity contribution is 6.23. The minimum absolute atomic E-state index is 0.0656. The fraction of sp³-hybridized carbons (Fsp3) is 0.500. The molecule has 37 heavy (non-hydrogen) atoms. The molecule has 0 fully saturated rings. The summed E-state index contributed by atoms with van der Waals surface area (Å²) in [5.74, 6) is -1.71. The topological polar surface area (TPSA) is 145 Å². The molecule has 0 aromatic heterocycles. The van der Waals surface area contributed by atoms with Gasteiger partial charge in [0.15, 0.2) is 5.78 Å².